The van der Waals surface area contributed by atoms with Crippen LogP contribution in [0.1, 0.15) is 37.3 Å². The van der Waals surface area contributed by atoms with Gasteiger partial charge in [-0.1, -0.05) is 24.3 Å². The minimum atomic E-state index is 0. The monoisotopic (exact) mass is 501 g/mol. The van der Waals surface area contributed by atoms with Crippen LogP contribution in [-0.4, -0.2) is 64.0 Å². The first-order valence-corrected chi connectivity index (χ1v) is 10.3. The Bertz CT molecular complexity index is 632. The molecule has 2 heterocycles. The summed E-state index contributed by atoms with van der Waals surface area (Å²) in [4.78, 5) is 7.54. The summed E-state index contributed by atoms with van der Waals surface area (Å²) in [5.74, 6) is 1.66. The number of aliphatic imine (C=N–C) groups is 1. The van der Waals surface area contributed by atoms with Crippen LogP contribution in [0.15, 0.2) is 29.3 Å². The van der Waals surface area contributed by atoms with Crippen LogP contribution in [0.25, 0.3) is 0 Å². The normalized spacial score (nSPS) is 22.0. The van der Waals surface area contributed by atoms with E-state index in [9.17, 15) is 0 Å². The van der Waals surface area contributed by atoms with E-state index in [2.05, 4.69) is 48.3 Å². The van der Waals surface area contributed by atoms with Crippen molar-refractivity contribution in [1.82, 2.24) is 10.2 Å². The van der Waals surface area contributed by atoms with Crippen molar-refractivity contribution in [3.8, 4) is 0 Å². The second kappa shape index (κ2) is 11.4. The minimum absolute atomic E-state index is 0. The molecule has 28 heavy (non-hydrogen) atoms. The highest BCUT2D eigenvalue weighted by Crippen LogP contribution is 2.37. The second-order valence-corrected chi connectivity index (χ2v) is 7.93. The van der Waals surface area contributed by atoms with E-state index >= 15 is 0 Å². The van der Waals surface area contributed by atoms with Crippen LogP contribution in [-0.2, 0) is 14.9 Å². The van der Waals surface area contributed by atoms with Gasteiger partial charge in [-0.05, 0) is 44.2 Å². The Morgan fingerprint density at radius 1 is 1.32 bits per heavy atom. The third kappa shape index (κ3) is 5.60. The highest BCUT2D eigenvalue weighted by Gasteiger charge is 2.36. The van der Waals surface area contributed by atoms with Gasteiger partial charge < -0.3 is 19.7 Å². The zero-order valence-electron chi connectivity index (χ0n) is 17.6. The van der Waals surface area contributed by atoms with Crippen molar-refractivity contribution < 1.29 is 9.47 Å². The van der Waals surface area contributed by atoms with Gasteiger partial charge in [-0.25, -0.2) is 0 Å². The molecule has 0 spiro atoms. The number of halogens is 1. The smallest absolute Gasteiger partial charge is 0.193 e. The van der Waals surface area contributed by atoms with Gasteiger partial charge in [-0.2, -0.15) is 0 Å². The number of methoxy groups -OCH3 is 1. The topological polar surface area (TPSA) is 46.1 Å². The standard InChI is InChI=1S/C22H35N3O2.HI/c1-4-23-21(25-12-9-19(15-25)16-26-3)24-17-22(10-13-27-14-11-22)20-8-6-5-7-18(20)2;/h5-8,19H,4,9-17H2,1-3H3,(H,23,24);1H. The van der Waals surface area contributed by atoms with Gasteiger partial charge >= 0.3 is 0 Å². The Morgan fingerprint density at radius 2 is 2.07 bits per heavy atom. The van der Waals surface area contributed by atoms with Crippen LogP contribution in [0.3, 0.4) is 0 Å². The van der Waals surface area contributed by atoms with Crippen molar-refractivity contribution in [1.29, 1.82) is 0 Å². The quantitative estimate of drug-likeness (QED) is 0.368. The zero-order valence-corrected chi connectivity index (χ0v) is 19.9. The number of aryl methyl sites for hydroxylation is 1. The average Bonchev–Trinajstić information content (AvgIpc) is 3.15. The van der Waals surface area contributed by atoms with E-state index in [0.717, 1.165) is 64.8 Å². The molecule has 0 aromatic heterocycles. The number of rotatable bonds is 6. The first-order chi connectivity index (χ1) is 13.2. The summed E-state index contributed by atoms with van der Waals surface area (Å²) in [6.45, 7) is 10.6. The van der Waals surface area contributed by atoms with Gasteiger partial charge in [0.2, 0.25) is 0 Å². The molecule has 0 aliphatic carbocycles. The third-order valence-electron chi connectivity index (χ3n) is 6.02. The molecule has 0 amide bonds. The predicted octanol–water partition coefficient (Wildman–Crippen LogP) is 3.60. The first-order valence-electron chi connectivity index (χ1n) is 10.3. The van der Waals surface area contributed by atoms with Crippen molar-refractivity contribution in [2.24, 2.45) is 10.9 Å². The first kappa shape index (κ1) is 23.4. The molecule has 5 nitrogen and oxygen atoms in total. The molecular formula is C22H36IN3O2. The molecule has 6 heteroatoms. The largest absolute Gasteiger partial charge is 0.384 e. The molecule has 158 valence electrons. The van der Waals surface area contributed by atoms with Crippen LogP contribution in [0, 0.1) is 12.8 Å². The van der Waals surface area contributed by atoms with Gasteiger partial charge in [0.15, 0.2) is 5.96 Å². The van der Waals surface area contributed by atoms with Gasteiger partial charge in [0.1, 0.15) is 0 Å². The molecule has 2 aliphatic heterocycles. The maximum Gasteiger partial charge on any atom is 0.193 e. The van der Waals surface area contributed by atoms with E-state index in [4.69, 9.17) is 14.5 Å². The van der Waals surface area contributed by atoms with E-state index < -0.39 is 0 Å². The van der Waals surface area contributed by atoms with Crippen LogP contribution in [0.2, 0.25) is 0 Å². The van der Waals surface area contributed by atoms with E-state index in [-0.39, 0.29) is 29.4 Å². The second-order valence-electron chi connectivity index (χ2n) is 7.93. The third-order valence-corrected chi connectivity index (χ3v) is 6.02. The highest BCUT2D eigenvalue weighted by molar-refractivity contribution is 14.0. The summed E-state index contributed by atoms with van der Waals surface area (Å²) >= 11 is 0. The predicted molar refractivity (Wildman–Crippen MR) is 126 cm³/mol. The fourth-order valence-electron chi connectivity index (χ4n) is 4.49. The number of nitrogens with zero attached hydrogens (tertiary/aromatic N) is 2. The molecule has 1 atom stereocenters. The highest BCUT2D eigenvalue weighted by atomic mass is 127. The summed E-state index contributed by atoms with van der Waals surface area (Å²) in [6.07, 6.45) is 3.25. The Kier molecular flexibility index (Phi) is 9.50. The molecule has 0 saturated carbocycles. The summed E-state index contributed by atoms with van der Waals surface area (Å²) in [6, 6.07) is 8.79. The van der Waals surface area contributed by atoms with Crippen molar-refractivity contribution in [2.75, 3.05) is 53.1 Å². The number of guanidine groups is 1. The van der Waals surface area contributed by atoms with E-state index in [1.54, 1.807) is 7.11 Å². The molecule has 1 aromatic rings. The van der Waals surface area contributed by atoms with Crippen molar-refractivity contribution in [2.45, 2.75) is 38.5 Å². The molecular weight excluding hydrogens is 465 g/mol. The molecule has 2 fully saturated rings. The van der Waals surface area contributed by atoms with E-state index in [0.29, 0.717) is 5.92 Å². The van der Waals surface area contributed by atoms with Crippen molar-refractivity contribution in [3.63, 3.8) is 0 Å². The van der Waals surface area contributed by atoms with E-state index in [1.807, 2.05) is 0 Å². The minimum Gasteiger partial charge on any atom is -0.384 e. The van der Waals surface area contributed by atoms with Gasteiger partial charge in [0, 0.05) is 51.3 Å². The van der Waals surface area contributed by atoms with Crippen LogP contribution >= 0.6 is 24.0 Å². The SMILES string of the molecule is CCNC(=NCC1(c2ccccc2C)CCOCC1)N1CCC(COC)C1.I. The van der Waals surface area contributed by atoms with Crippen molar-refractivity contribution in [3.05, 3.63) is 35.4 Å². The summed E-state index contributed by atoms with van der Waals surface area (Å²) < 4.78 is 11.0. The number of benzene rings is 1. The maximum atomic E-state index is 5.69. The van der Waals surface area contributed by atoms with Crippen molar-refractivity contribution >= 4 is 29.9 Å². The fourth-order valence-corrected chi connectivity index (χ4v) is 4.49. The lowest BCUT2D eigenvalue weighted by Gasteiger charge is -2.38. The van der Waals surface area contributed by atoms with Crippen LogP contribution in [0.4, 0.5) is 0 Å². The number of nitrogens with one attached hydrogen (secondary N) is 1. The number of ether oxygens (including phenoxy) is 2. The Labute approximate surface area is 187 Å². The molecule has 0 radical (unpaired) electrons. The molecule has 0 bridgehead atoms. The zero-order chi connectivity index (χ0) is 19.1. The molecule has 3 rings (SSSR count). The average molecular weight is 501 g/mol. The summed E-state index contributed by atoms with van der Waals surface area (Å²) in [5, 5.41) is 3.51. The van der Waals surface area contributed by atoms with Crippen LogP contribution < -0.4 is 5.32 Å². The molecule has 2 aliphatic rings. The molecule has 1 unspecified atom stereocenters. The number of hydrogen-bond donors (Lipinski definition) is 1. The Balaban J connectivity index is 0.00000280. The molecule has 1 N–H and O–H groups in total. The lowest BCUT2D eigenvalue weighted by molar-refractivity contribution is 0.0528. The lowest BCUT2D eigenvalue weighted by atomic mass is 9.72. The summed E-state index contributed by atoms with van der Waals surface area (Å²) in [7, 11) is 1.79. The Hall–Kier alpha value is -0.860. The number of likely N-dealkylation sites (tertiary alicyclic amines) is 1. The lowest BCUT2D eigenvalue weighted by Crippen LogP contribution is -2.43. The van der Waals surface area contributed by atoms with Crippen LogP contribution in [0.5, 0.6) is 0 Å². The number of hydrogen-bond acceptors (Lipinski definition) is 3. The molecule has 1 aromatic carbocycles. The Morgan fingerprint density at radius 3 is 2.75 bits per heavy atom. The van der Waals surface area contributed by atoms with Gasteiger partial charge in [0.25, 0.3) is 0 Å². The van der Waals surface area contributed by atoms with Gasteiger partial charge in [0.05, 0.1) is 13.2 Å². The van der Waals surface area contributed by atoms with Gasteiger partial charge in [-0.15, -0.1) is 24.0 Å². The fraction of sp³-hybridized carbons (Fsp3) is 0.682. The maximum absolute atomic E-state index is 5.69. The molecule has 2 saturated heterocycles. The summed E-state index contributed by atoms with van der Waals surface area (Å²) in [5.41, 5.74) is 2.88. The van der Waals surface area contributed by atoms with Gasteiger partial charge in [-0.3, -0.25) is 4.99 Å². The van der Waals surface area contributed by atoms with E-state index in [1.165, 1.54) is 17.5 Å².